The average Bonchev–Trinajstić information content (AvgIpc) is 3.41. The number of aryl methyl sites for hydroxylation is 1. The SMILES string of the molecule is COc1cc(C(=O)N2CC3CCC2[C@@H]3C)cc2nc(-c3cc4ccc(C5CCNCC5)nc4n3CC3CC3)n(C)c12. The van der Waals surface area contributed by atoms with E-state index in [2.05, 4.69) is 51.5 Å². The van der Waals surface area contributed by atoms with Gasteiger partial charge in [0.15, 0.2) is 5.82 Å². The zero-order valence-corrected chi connectivity index (χ0v) is 24.4. The van der Waals surface area contributed by atoms with Crippen LogP contribution in [0.3, 0.4) is 0 Å². The molecule has 214 valence electrons. The molecule has 41 heavy (non-hydrogen) atoms. The van der Waals surface area contributed by atoms with Gasteiger partial charge in [0.25, 0.3) is 5.91 Å². The van der Waals surface area contributed by atoms with Crippen molar-refractivity contribution in [3.63, 3.8) is 0 Å². The summed E-state index contributed by atoms with van der Waals surface area (Å²) in [5, 5.41) is 4.64. The third kappa shape index (κ3) is 4.09. The Bertz CT molecular complexity index is 1660. The van der Waals surface area contributed by atoms with Crippen molar-refractivity contribution in [3.8, 4) is 17.3 Å². The van der Waals surface area contributed by atoms with Gasteiger partial charge in [-0.05, 0) is 99.7 Å². The van der Waals surface area contributed by atoms with Gasteiger partial charge in [0.1, 0.15) is 16.9 Å². The lowest BCUT2D eigenvalue weighted by Gasteiger charge is -2.27. The molecular formula is C33H40N6O2. The van der Waals surface area contributed by atoms with Crippen LogP contribution in [0.2, 0.25) is 0 Å². The zero-order valence-electron chi connectivity index (χ0n) is 24.4. The van der Waals surface area contributed by atoms with Gasteiger partial charge in [-0.1, -0.05) is 6.92 Å². The summed E-state index contributed by atoms with van der Waals surface area (Å²) in [6.07, 6.45) is 7.17. The minimum atomic E-state index is 0.106. The number of piperidine rings is 2. The van der Waals surface area contributed by atoms with Gasteiger partial charge in [-0.2, -0.15) is 0 Å². The van der Waals surface area contributed by atoms with Crippen LogP contribution in [-0.2, 0) is 13.6 Å². The maximum Gasteiger partial charge on any atom is 0.254 e. The molecule has 3 atom stereocenters. The molecule has 3 aromatic heterocycles. The maximum atomic E-state index is 13.7. The van der Waals surface area contributed by atoms with Crippen molar-refractivity contribution in [3.05, 3.63) is 41.6 Å². The number of nitrogens with one attached hydrogen (secondary N) is 1. The van der Waals surface area contributed by atoms with E-state index < -0.39 is 0 Å². The molecule has 2 saturated carbocycles. The number of benzene rings is 1. The van der Waals surface area contributed by atoms with Gasteiger partial charge in [-0.25, -0.2) is 9.97 Å². The molecule has 2 unspecified atom stereocenters. The summed E-state index contributed by atoms with van der Waals surface area (Å²) in [5.74, 6) is 4.11. The van der Waals surface area contributed by atoms with E-state index in [0.29, 0.717) is 41.0 Å². The highest BCUT2D eigenvalue weighted by Crippen LogP contribution is 2.44. The number of ether oxygens (including phenoxy) is 1. The van der Waals surface area contributed by atoms with E-state index in [-0.39, 0.29) is 5.91 Å². The number of aromatic nitrogens is 4. The summed E-state index contributed by atoms with van der Waals surface area (Å²) in [6.45, 7) is 6.24. The predicted octanol–water partition coefficient (Wildman–Crippen LogP) is 5.35. The Morgan fingerprint density at radius 3 is 2.59 bits per heavy atom. The highest BCUT2D eigenvalue weighted by molar-refractivity contribution is 6.00. The fraction of sp³-hybridized carbons (Fsp3) is 0.545. The maximum absolute atomic E-state index is 13.7. The van der Waals surface area contributed by atoms with Crippen molar-refractivity contribution in [2.45, 2.75) is 64.0 Å². The fourth-order valence-electron chi connectivity index (χ4n) is 7.94. The molecule has 2 saturated heterocycles. The number of fused-ring (bicyclic) bond motifs is 4. The Morgan fingerprint density at radius 2 is 1.88 bits per heavy atom. The van der Waals surface area contributed by atoms with Crippen LogP contribution in [0.25, 0.3) is 33.6 Å². The number of pyridine rings is 1. The molecule has 1 amide bonds. The summed E-state index contributed by atoms with van der Waals surface area (Å²) in [7, 11) is 3.74. The number of carbonyl (C=O) groups excluding carboxylic acids is 1. The van der Waals surface area contributed by atoms with E-state index in [0.717, 1.165) is 79.0 Å². The molecule has 0 radical (unpaired) electrons. The second-order valence-electron chi connectivity index (χ2n) is 13.0. The first-order valence-corrected chi connectivity index (χ1v) is 15.6. The van der Waals surface area contributed by atoms with Crippen LogP contribution in [0.15, 0.2) is 30.3 Å². The average molecular weight is 553 g/mol. The van der Waals surface area contributed by atoms with Crippen LogP contribution in [0, 0.1) is 17.8 Å². The Balaban J connectivity index is 1.22. The van der Waals surface area contributed by atoms with Gasteiger partial charge < -0.3 is 24.1 Å². The summed E-state index contributed by atoms with van der Waals surface area (Å²) in [6, 6.07) is 11.0. The summed E-state index contributed by atoms with van der Waals surface area (Å²) in [4.78, 5) is 26.3. The first-order chi connectivity index (χ1) is 20.0. The van der Waals surface area contributed by atoms with Crippen LogP contribution < -0.4 is 10.1 Å². The van der Waals surface area contributed by atoms with Crippen molar-refractivity contribution in [1.82, 2.24) is 29.3 Å². The molecule has 2 aliphatic heterocycles. The van der Waals surface area contributed by atoms with Crippen molar-refractivity contribution >= 4 is 28.0 Å². The Labute approximate surface area is 241 Å². The lowest BCUT2D eigenvalue weighted by atomic mass is 9.94. The van der Waals surface area contributed by atoms with E-state index in [1.54, 1.807) is 7.11 Å². The Morgan fingerprint density at radius 1 is 1.05 bits per heavy atom. The van der Waals surface area contributed by atoms with E-state index >= 15 is 0 Å². The molecule has 8 nitrogen and oxygen atoms in total. The van der Waals surface area contributed by atoms with Crippen LogP contribution in [0.4, 0.5) is 0 Å². The molecule has 4 aliphatic rings. The standard InChI is InChI=1S/C33H40N6O2/c1-19-23-7-9-27(19)39(18-23)33(40)24-14-26-30(29(16-24)41-3)37(2)32(36-26)28-15-22-6-8-25(21-10-12-34-13-11-21)35-31(22)38(28)17-20-4-5-20/h6,8,14-16,19-21,23,27,34H,4-5,7,9-13,17-18H2,1-3H3/t19-,23?,27?/m1/s1. The van der Waals surface area contributed by atoms with Gasteiger partial charge in [0.05, 0.1) is 18.3 Å². The molecular weight excluding hydrogens is 512 g/mol. The number of hydrogen-bond donors (Lipinski definition) is 1. The van der Waals surface area contributed by atoms with Gasteiger partial charge in [0, 0.05) is 48.7 Å². The number of amides is 1. The molecule has 8 heteroatoms. The molecule has 4 aromatic rings. The van der Waals surface area contributed by atoms with Crippen molar-refractivity contribution in [2.75, 3.05) is 26.7 Å². The summed E-state index contributed by atoms with van der Waals surface area (Å²) in [5.41, 5.74) is 5.75. The quantitative estimate of drug-likeness (QED) is 0.349. The second kappa shape index (κ2) is 9.58. The first kappa shape index (κ1) is 25.3. The van der Waals surface area contributed by atoms with Crippen molar-refractivity contribution in [2.24, 2.45) is 24.8 Å². The third-order valence-corrected chi connectivity index (χ3v) is 10.6. The van der Waals surface area contributed by atoms with Gasteiger partial charge in [0.2, 0.25) is 0 Å². The van der Waals surface area contributed by atoms with Gasteiger partial charge >= 0.3 is 0 Å². The fourth-order valence-corrected chi connectivity index (χ4v) is 7.94. The molecule has 2 bridgehead atoms. The predicted molar refractivity (Wildman–Crippen MR) is 160 cm³/mol. The van der Waals surface area contributed by atoms with E-state index in [9.17, 15) is 4.79 Å². The highest BCUT2D eigenvalue weighted by Gasteiger charge is 2.46. The largest absolute Gasteiger partial charge is 0.494 e. The van der Waals surface area contributed by atoms with Crippen LogP contribution in [-0.4, -0.2) is 62.7 Å². The lowest BCUT2D eigenvalue weighted by molar-refractivity contribution is 0.0696. The van der Waals surface area contributed by atoms with E-state index in [4.69, 9.17) is 14.7 Å². The van der Waals surface area contributed by atoms with E-state index in [1.807, 2.05) is 12.1 Å². The monoisotopic (exact) mass is 552 g/mol. The molecule has 8 rings (SSSR count). The normalized spacial score (nSPS) is 24.7. The third-order valence-electron chi connectivity index (χ3n) is 10.6. The van der Waals surface area contributed by atoms with E-state index in [1.165, 1.54) is 25.0 Å². The molecule has 2 aliphatic carbocycles. The Hall–Kier alpha value is -3.39. The number of carbonyl (C=O) groups is 1. The number of likely N-dealkylation sites (tertiary alicyclic amines) is 1. The number of methoxy groups -OCH3 is 1. The van der Waals surface area contributed by atoms with Crippen LogP contribution in [0.5, 0.6) is 5.75 Å². The Kier molecular flexibility index (Phi) is 5.92. The summed E-state index contributed by atoms with van der Waals surface area (Å²) >= 11 is 0. The highest BCUT2D eigenvalue weighted by atomic mass is 16.5. The lowest BCUT2D eigenvalue weighted by Crippen LogP contribution is -2.38. The molecule has 4 fully saturated rings. The molecule has 1 N–H and O–H groups in total. The molecule has 1 aromatic carbocycles. The molecule has 5 heterocycles. The minimum Gasteiger partial charge on any atom is -0.494 e. The van der Waals surface area contributed by atoms with Crippen molar-refractivity contribution < 1.29 is 9.53 Å². The topological polar surface area (TPSA) is 77.2 Å². The minimum absolute atomic E-state index is 0.106. The number of imidazole rings is 1. The number of rotatable bonds is 6. The second-order valence-corrected chi connectivity index (χ2v) is 13.0. The molecule has 0 spiro atoms. The van der Waals surface area contributed by atoms with Crippen LogP contribution in [0.1, 0.15) is 67.4 Å². The van der Waals surface area contributed by atoms with Crippen LogP contribution >= 0.6 is 0 Å². The van der Waals surface area contributed by atoms with Gasteiger partial charge in [-0.15, -0.1) is 0 Å². The van der Waals surface area contributed by atoms with Gasteiger partial charge in [-0.3, -0.25) is 4.79 Å². The first-order valence-electron chi connectivity index (χ1n) is 15.6. The zero-order chi connectivity index (χ0) is 27.8. The number of hydrogen-bond acceptors (Lipinski definition) is 5. The van der Waals surface area contributed by atoms with Crippen molar-refractivity contribution in [1.29, 1.82) is 0 Å². The summed E-state index contributed by atoms with van der Waals surface area (Å²) < 4.78 is 10.4. The number of nitrogens with zero attached hydrogens (tertiary/aromatic N) is 5. The smallest absolute Gasteiger partial charge is 0.254 e.